The highest BCUT2D eigenvalue weighted by Crippen LogP contribution is 2.40. The van der Waals surface area contributed by atoms with Gasteiger partial charge in [-0.2, -0.15) is 13.2 Å². The van der Waals surface area contributed by atoms with E-state index in [-0.39, 0.29) is 36.3 Å². The number of carboxylic acids is 1. The van der Waals surface area contributed by atoms with Gasteiger partial charge in [-0.3, -0.25) is 14.4 Å². The van der Waals surface area contributed by atoms with Crippen LogP contribution in [-0.4, -0.2) is 31.9 Å². The van der Waals surface area contributed by atoms with Crippen LogP contribution < -0.4 is 10.3 Å². The minimum Gasteiger partial charge on any atom is -0.489 e. The largest absolute Gasteiger partial charge is 0.489 e. The van der Waals surface area contributed by atoms with Gasteiger partial charge in [-0.1, -0.05) is 34.5 Å². The van der Waals surface area contributed by atoms with E-state index in [1.54, 1.807) is 42.5 Å². The number of benzene rings is 3. The van der Waals surface area contributed by atoms with Crippen LogP contribution in [0.25, 0.3) is 10.9 Å². The Morgan fingerprint density at radius 2 is 1.74 bits per heavy atom. The van der Waals surface area contributed by atoms with Crippen LogP contribution in [0.2, 0.25) is 10.0 Å². The Labute approximate surface area is 246 Å². The first-order valence-corrected chi connectivity index (χ1v) is 13.6. The summed E-state index contributed by atoms with van der Waals surface area (Å²) in [6.45, 7) is 0.00435. The van der Waals surface area contributed by atoms with Crippen molar-refractivity contribution < 1.29 is 32.6 Å². The van der Waals surface area contributed by atoms with Crippen molar-refractivity contribution in [1.29, 1.82) is 0 Å². The van der Waals surface area contributed by atoms with Gasteiger partial charge in [-0.25, -0.2) is 4.68 Å². The molecule has 1 aliphatic carbocycles. The minimum absolute atomic E-state index is 0.0112. The normalized spacial score (nSPS) is 18.7. The van der Waals surface area contributed by atoms with Crippen LogP contribution in [0.3, 0.4) is 0 Å². The van der Waals surface area contributed by atoms with E-state index in [1.807, 2.05) is 0 Å². The monoisotopic (exact) mass is 619 g/mol. The van der Waals surface area contributed by atoms with E-state index >= 15 is 0 Å². The SMILES string of the molecule is O=C(c1ccc(OCc2ccc(Cl)c(Cl)c2)cc1)C1CCC(Cn2nnc3ccc(C(F)(F)F)cc3c2=O)C1C(=O)O. The lowest BCUT2D eigenvalue weighted by Crippen LogP contribution is -2.34. The van der Waals surface area contributed by atoms with Gasteiger partial charge >= 0.3 is 12.1 Å². The third-order valence-corrected chi connectivity index (χ3v) is 8.14. The highest BCUT2D eigenvalue weighted by atomic mass is 35.5. The van der Waals surface area contributed by atoms with Gasteiger partial charge in [-0.15, -0.1) is 5.10 Å². The standard InChI is InChI=1S/C29H22Cl2F3N3O5/c30-22-9-1-15(11-23(22)31)14-42-19-6-2-16(3-7-19)26(38)20-8-4-17(25(20)28(40)41)13-37-27(39)21-12-18(29(32,33)34)5-10-24(21)35-36-37/h1-3,5-7,9-12,17,20,25H,4,8,13-14H2,(H,40,41). The molecule has 0 radical (unpaired) electrons. The number of hydrogen-bond acceptors (Lipinski definition) is 6. The maximum Gasteiger partial charge on any atom is 0.416 e. The highest BCUT2D eigenvalue weighted by molar-refractivity contribution is 6.42. The maximum absolute atomic E-state index is 13.4. The van der Waals surface area contributed by atoms with Gasteiger partial charge in [0.2, 0.25) is 0 Å². The third kappa shape index (κ3) is 6.12. The van der Waals surface area contributed by atoms with Crippen molar-refractivity contribution in [2.45, 2.75) is 32.2 Å². The molecule has 218 valence electrons. The summed E-state index contributed by atoms with van der Waals surface area (Å²) in [4.78, 5) is 38.6. The molecule has 0 aliphatic heterocycles. The molecule has 0 amide bonds. The van der Waals surface area contributed by atoms with Gasteiger partial charge < -0.3 is 9.84 Å². The second-order valence-corrected chi connectivity index (χ2v) is 10.9. The number of fused-ring (bicyclic) bond motifs is 1. The second kappa shape index (κ2) is 11.7. The van der Waals surface area contributed by atoms with Gasteiger partial charge in [0.1, 0.15) is 17.9 Å². The number of hydrogen-bond donors (Lipinski definition) is 1. The first-order valence-electron chi connectivity index (χ1n) is 12.8. The lowest BCUT2D eigenvalue weighted by molar-refractivity contribution is -0.144. The average Bonchev–Trinajstić information content (AvgIpc) is 3.38. The Balaban J connectivity index is 1.30. The summed E-state index contributed by atoms with van der Waals surface area (Å²) < 4.78 is 46.1. The Morgan fingerprint density at radius 1 is 1.00 bits per heavy atom. The van der Waals surface area contributed by atoms with E-state index in [9.17, 15) is 32.7 Å². The van der Waals surface area contributed by atoms with E-state index < -0.39 is 41.0 Å². The van der Waals surface area contributed by atoms with E-state index in [0.29, 0.717) is 33.8 Å². The summed E-state index contributed by atoms with van der Waals surface area (Å²) in [6, 6.07) is 14.0. The van der Waals surface area contributed by atoms with E-state index in [0.717, 1.165) is 22.4 Å². The fourth-order valence-corrected chi connectivity index (χ4v) is 5.59. The molecule has 1 aliphatic rings. The fourth-order valence-electron chi connectivity index (χ4n) is 5.27. The first-order chi connectivity index (χ1) is 19.9. The van der Waals surface area contributed by atoms with Crippen molar-refractivity contribution in [3.05, 3.63) is 97.8 Å². The van der Waals surface area contributed by atoms with Gasteiger partial charge in [0.25, 0.3) is 5.56 Å². The molecule has 3 unspecified atom stereocenters. The summed E-state index contributed by atoms with van der Waals surface area (Å²) in [7, 11) is 0. The summed E-state index contributed by atoms with van der Waals surface area (Å²) >= 11 is 12.0. The first kappa shape index (κ1) is 29.5. The van der Waals surface area contributed by atoms with Gasteiger partial charge in [0, 0.05) is 11.5 Å². The number of halogens is 5. The lowest BCUT2D eigenvalue weighted by Gasteiger charge is -2.20. The number of aliphatic carboxylic acids is 1. The second-order valence-electron chi connectivity index (χ2n) is 10.0. The molecule has 3 atom stereocenters. The Morgan fingerprint density at radius 3 is 2.40 bits per heavy atom. The molecule has 0 bridgehead atoms. The smallest absolute Gasteiger partial charge is 0.416 e. The molecule has 1 fully saturated rings. The van der Waals surface area contributed by atoms with Crippen LogP contribution in [0.1, 0.15) is 34.3 Å². The molecular formula is C29H22Cl2F3N3O5. The molecule has 1 heterocycles. The van der Waals surface area contributed by atoms with E-state index in [4.69, 9.17) is 27.9 Å². The molecular weight excluding hydrogens is 598 g/mol. The van der Waals surface area contributed by atoms with Crippen molar-refractivity contribution in [2.24, 2.45) is 17.8 Å². The Bertz CT molecular complexity index is 1730. The summed E-state index contributed by atoms with van der Waals surface area (Å²) in [5.41, 5.74) is -0.741. The zero-order valence-electron chi connectivity index (χ0n) is 21.6. The molecule has 0 spiro atoms. The van der Waals surface area contributed by atoms with Gasteiger partial charge in [-0.05, 0) is 78.9 Å². The summed E-state index contributed by atoms with van der Waals surface area (Å²) in [5.74, 6) is -3.75. The summed E-state index contributed by atoms with van der Waals surface area (Å²) in [6.07, 6.45) is -4.10. The highest BCUT2D eigenvalue weighted by Gasteiger charge is 2.45. The predicted octanol–water partition coefficient (Wildman–Crippen LogP) is 6.31. The van der Waals surface area contributed by atoms with Crippen molar-refractivity contribution in [3.8, 4) is 5.75 Å². The summed E-state index contributed by atoms with van der Waals surface area (Å²) in [5, 5.41) is 18.2. The van der Waals surface area contributed by atoms with Crippen LogP contribution in [0.5, 0.6) is 5.75 Å². The lowest BCUT2D eigenvalue weighted by atomic mass is 9.84. The maximum atomic E-state index is 13.4. The van der Waals surface area contributed by atoms with Crippen LogP contribution in [0.15, 0.2) is 65.5 Å². The number of ether oxygens (including phenoxy) is 1. The van der Waals surface area contributed by atoms with Gasteiger partial charge in [0.05, 0.1) is 33.5 Å². The molecule has 3 aromatic carbocycles. The molecule has 1 N–H and O–H groups in total. The van der Waals surface area contributed by atoms with E-state index in [1.165, 1.54) is 0 Å². The molecule has 13 heteroatoms. The molecule has 1 aromatic heterocycles. The molecule has 8 nitrogen and oxygen atoms in total. The number of nitrogens with zero attached hydrogens (tertiary/aromatic N) is 3. The number of alkyl halides is 3. The minimum atomic E-state index is -4.66. The number of carbonyl (C=O) groups is 2. The number of Topliss-reactive ketones (excluding diaryl/α,β-unsaturated/α-hetero) is 1. The predicted molar refractivity (Wildman–Crippen MR) is 148 cm³/mol. The molecule has 0 saturated heterocycles. The van der Waals surface area contributed by atoms with Crippen molar-refractivity contribution in [3.63, 3.8) is 0 Å². The quantitative estimate of drug-likeness (QED) is 0.230. The number of aromatic nitrogens is 3. The molecule has 4 aromatic rings. The number of ketones is 1. The van der Waals surface area contributed by atoms with Crippen molar-refractivity contribution in [2.75, 3.05) is 0 Å². The Hall–Kier alpha value is -3.96. The van der Waals surface area contributed by atoms with E-state index in [2.05, 4.69) is 10.3 Å². The molecule has 42 heavy (non-hydrogen) atoms. The van der Waals surface area contributed by atoms with Crippen LogP contribution in [0.4, 0.5) is 13.2 Å². The van der Waals surface area contributed by atoms with Crippen LogP contribution >= 0.6 is 23.2 Å². The topological polar surface area (TPSA) is 111 Å². The zero-order valence-corrected chi connectivity index (χ0v) is 23.2. The number of carbonyl (C=O) groups excluding carboxylic acids is 1. The van der Waals surface area contributed by atoms with Crippen molar-refractivity contribution in [1.82, 2.24) is 15.0 Å². The van der Waals surface area contributed by atoms with Crippen molar-refractivity contribution >= 4 is 45.9 Å². The number of rotatable bonds is 8. The van der Waals surface area contributed by atoms with Crippen LogP contribution in [-0.2, 0) is 24.1 Å². The molecule has 5 rings (SSSR count). The zero-order chi connectivity index (χ0) is 30.2. The van der Waals surface area contributed by atoms with Gasteiger partial charge in [0.15, 0.2) is 5.78 Å². The number of carboxylic acid groups (broad SMARTS) is 1. The third-order valence-electron chi connectivity index (χ3n) is 7.40. The van der Waals surface area contributed by atoms with Crippen LogP contribution in [0, 0.1) is 17.8 Å². The molecule has 1 saturated carbocycles. The Kier molecular flexibility index (Phi) is 8.25. The average molecular weight is 620 g/mol. The fraction of sp³-hybridized carbons (Fsp3) is 0.276.